The van der Waals surface area contributed by atoms with Gasteiger partial charge >= 0.3 is 22.0 Å². The van der Waals surface area contributed by atoms with E-state index >= 15 is 0 Å². The Bertz CT molecular complexity index is 843. The molecule has 0 aromatic heterocycles. The average Bonchev–Trinajstić information content (AvgIpc) is 2.62. The molecule has 0 amide bonds. The van der Waals surface area contributed by atoms with E-state index in [1.54, 1.807) is 0 Å². The van der Waals surface area contributed by atoms with Crippen LogP contribution >= 0.6 is 5.71 Å². The van der Waals surface area contributed by atoms with E-state index in [0.717, 1.165) is 17.1 Å². The lowest BCUT2D eigenvalue weighted by atomic mass is 10.1. The number of hydrogen-bond donors (Lipinski definition) is 1. The van der Waals surface area contributed by atoms with Crippen LogP contribution in [0, 0.1) is 13.8 Å². The molecule has 2 nitrogen and oxygen atoms in total. The highest BCUT2D eigenvalue weighted by atomic mass is 127. The number of aryl methyl sites for hydroxylation is 2. The van der Waals surface area contributed by atoms with Crippen LogP contribution in [0.25, 0.3) is 0 Å². The van der Waals surface area contributed by atoms with Gasteiger partial charge in [0.15, 0.2) is 0 Å². The minimum absolute atomic E-state index is 0.521. The van der Waals surface area contributed by atoms with Gasteiger partial charge < -0.3 is 5.09 Å². The van der Waals surface area contributed by atoms with Gasteiger partial charge in [-0.2, -0.15) is 0 Å². The van der Waals surface area contributed by atoms with Crippen LogP contribution in [0.2, 0.25) is 0 Å². The van der Waals surface area contributed by atoms with Crippen molar-refractivity contribution in [3.63, 3.8) is 0 Å². The minimum Gasteiger partial charge on any atom is -0.305 e. The summed E-state index contributed by atoms with van der Waals surface area (Å²) in [6.07, 6.45) is 0. The molecule has 126 valence electrons. The molecule has 0 fully saturated rings. The van der Waals surface area contributed by atoms with Crippen LogP contribution in [0.15, 0.2) is 83.9 Å². The number of nitrogens with zero attached hydrogens (tertiary/aromatic N) is 1. The maximum atomic E-state index is 4.94. The zero-order valence-corrected chi connectivity index (χ0v) is 17.5. The second-order valence-electron chi connectivity index (χ2n) is 5.91. The molecule has 0 radical (unpaired) electrons. The van der Waals surface area contributed by atoms with Crippen molar-refractivity contribution in [3.05, 3.63) is 95.6 Å². The molecule has 3 aromatic carbocycles. The Balaban J connectivity index is 1.97. The Morgan fingerprint density at radius 3 is 2.00 bits per heavy atom. The second-order valence-corrected chi connectivity index (χ2v) is 10.4. The molecule has 0 aliphatic rings. The smallest absolute Gasteiger partial charge is 0.301 e. The quantitative estimate of drug-likeness (QED) is 0.274. The Morgan fingerprint density at radius 1 is 0.840 bits per heavy atom. The van der Waals surface area contributed by atoms with Crippen LogP contribution in [0.1, 0.15) is 16.7 Å². The zero-order chi connectivity index (χ0) is 17.6. The molecular formula is C21H21IN2P+. The summed E-state index contributed by atoms with van der Waals surface area (Å²) in [7, 11) is 0. The molecule has 0 saturated heterocycles. The van der Waals surface area contributed by atoms with E-state index < -0.39 is 5.71 Å². The number of halogens is 1. The van der Waals surface area contributed by atoms with Gasteiger partial charge in [0.25, 0.3) is 5.71 Å². The fourth-order valence-electron chi connectivity index (χ4n) is 2.62. The summed E-state index contributed by atoms with van der Waals surface area (Å²) in [5.41, 5.74) is 4.03. The van der Waals surface area contributed by atoms with Crippen molar-refractivity contribution >= 4 is 22.5 Å². The molecule has 1 N–H and O–H groups in total. The first-order valence-electron chi connectivity index (χ1n) is 8.13. The SMILES string of the molecule is Cc1cc(C)cc(N=C(NP([IH+])c2ccccc2)c2ccccc2)c1. The summed E-state index contributed by atoms with van der Waals surface area (Å²) in [6.45, 7) is 4.22. The van der Waals surface area contributed by atoms with E-state index in [4.69, 9.17) is 4.99 Å². The standard InChI is InChI=1S/C21H21IN2P/c1-16-13-17(2)15-19(14-16)23-21(18-9-5-3-6-10-18)24-25(22)20-11-7-4-8-12-20/h3-15,22H,1-2H3,(H,23,24)/q+1. The number of nitrogens with one attached hydrogen (secondary N) is 1. The fraction of sp³-hybridized carbons (Fsp3) is 0.0952. The van der Waals surface area contributed by atoms with Gasteiger partial charge in [-0.1, -0.05) is 54.6 Å². The molecule has 0 bridgehead atoms. The Labute approximate surface area is 163 Å². The van der Waals surface area contributed by atoms with Gasteiger partial charge in [-0.3, -0.25) is 0 Å². The van der Waals surface area contributed by atoms with Gasteiger partial charge in [0.1, 0.15) is 5.84 Å². The Morgan fingerprint density at radius 2 is 1.40 bits per heavy atom. The van der Waals surface area contributed by atoms with Crippen LogP contribution in [0.3, 0.4) is 0 Å². The van der Waals surface area contributed by atoms with Crippen LogP contribution in [-0.4, -0.2) is 5.84 Å². The average molecular weight is 459 g/mol. The normalized spacial score (nSPS) is 12.7. The predicted octanol–water partition coefficient (Wildman–Crippen LogP) is 1.89. The van der Waals surface area contributed by atoms with Crippen molar-refractivity contribution in [2.75, 3.05) is 0 Å². The van der Waals surface area contributed by atoms with E-state index in [9.17, 15) is 0 Å². The van der Waals surface area contributed by atoms with Gasteiger partial charge in [-0.05, 0) is 49.2 Å². The van der Waals surface area contributed by atoms with Gasteiger partial charge in [-0.15, -0.1) is 0 Å². The van der Waals surface area contributed by atoms with Gasteiger partial charge in [0.05, 0.1) is 5.69 Å². The van der Waals surface area contributed by atoms with Gasteiger partial charge in [-0.25, -0.2) is 4.99 Å². The third-order valence-electron chi connectivity index (χ3n) is 3.69. The zero-order valence-electron chi connectivity index (χ0n) is 14.3. The van der Waals surface area contributed by atoms with Crippen molar-refractivity contribution in [2.45, 2.75) is 13.8 Å². The molecule has 0 aliphatic heterocycles. The summed E-state index contributed by atoms with van der Waals surface area (Å²) < 4.78 is 0. The lowest BCUT2D eigenvalue weighted by Crippen LogP contribution is -3.30. The molecule has 1 atom stereocenters. The van der Waals surface area contributed by atoms with Crippen LogP contribution in [-0.2, 0) is 0 Å². The molecule has 0 saturated carbocycles. The second kappa shape index (κ2) is 8.59. The molecule has 3 aromatic rings. The lowest BCUT2D eigenvalue weighted by Gasteiger charge is -2.11. The van der Waals surface area contributed by atoms with Gasteiger partial charge in [0.2, 0.25) is 0 Å². The summed E-state index contributed by atoms with van der Waals surface area (Å²) in [6, 6.07) is 27.3. The number of amidine groups is 1. The van der Waals surface area contributed by atoms with E-state index in [-0.39, 0.29) is 0 Å². The molecule has 1 unspecified atom stereocenters. The molecule has 0 aliphatic carbocycles. The third kappa shape index (κ3) is 5.13. The van der Waals surface area contributed by atoms with Crippen molar-refractivity contribution in [2.24, 2.45) is 4.99 Å². The van der Waals surface area contributed by atoms with Crippen LogP contribution < -0.4 is 32.4 Å². The molecule has 3 rings (SSSR count). The first-order chi connectivity index (χ1) is 12.1. The van der Waals surface area contributed by atoms with E-state index in [2.05, 4.69) is 114 Å². The monoisotopic (exact) mass is 459 g/mol. The summed E-state index contributed by atoms with van der Waals surface area (Å²) in [4.78, 5) is 4.94. The third-order valence-corrected chi connectivity index (χ3v) is 7.46. The highest BCUT2D eigenvalue weighted by Gasteiger charge is 2.19. The van der Waals surface area contributed by atoms with Crippen molar-refractivity contribution < 1.29 is 22.0 Å². The van der Waals surface area contributed by atoms with Crippen molar-refractivity contribution in [1.29, 1.82) is 0 Å². The highest BCUT2D eigenvalue weighted by Crippen LogP contribution is 2.21. The predicted molar refractivity (Wildman–Crippen MR) is 106 cm³/mol. The van der Waals surface area contributed by atoms with Gasteiger partial charge in [0, 0.05) is 10.9 Å². The summed E-state index contributed by atoms with van der Waals surface area (Å²) in [5.74, 6) is 0.922. The topological polar surface area (TPSA) is 24.4 Å². The van der Waals surface area contributed by atoms with E-state index in [1.807, 2.05) is 6.07 Å². The van der Waals surface area contributed by atoms with Crippen LogP contribution in [0.5, 0.6) is 0 Å². The maximum Gasteiger partial charge on any atom is 0.301 e. The summed E-state index contributed by atoms with van der Waals surface area (Å²) in [5, 5.41) is 4.97. The minimum atomic E-state index is -0.521. The molecule has 25 heavy (non-hydrogen) atoms. The largest absolute Gasteiger partial charge is 0.305 e. The van der Waals surface area contributed by atoms with Crippen molar-refractivity contribution in [1.82, 2.24) is 5.09 Å². The first kappa shape index (κ1) is 18.1. The van der Waals surface area contributed by atoms with E-state index in [0.29, 0.717) is 0 Å². The number of aliphatic imine (C=N–C) groups is 1. The number of hydrogen-bond acceptors (Lipinski definition) is 1. The first-order valence-corrected chi connectivity index (χ1v) is 12.5. The number of rotatable bonds is 4. The van der Waals surface area contributed by atoms with E-state index in [1.165, 1.54) is 16.4 Å². The van der Waals surface area contributed by atoms with Crippen molar-refractivity contribution in [3.8, 4) is 0 Å². The molecule has 0 heterocycles. The maximum absolute atomic E-state index is 4.94. The molecule has 0 spiro atoms. The van der Waals surface area contributed by atoms with Crippen LogP contribution in [0.4, 0.5) is 5.69 Å². The Kier molecular flexibility index (Phi) is 6.22. The fourth-order valence-corrected chi connectivity index (χ4v) is 5.34. The number of benzene rings is 3. The highest BCUT2D eigenvalue weighted by molar-refractivity contribution is 7.57. The molecule has 4 heteroatoms. The lowest BCUT2D eigenvalue weighted by molar-refractivity contribution is -0.158. The summed E-state index contributed by atoms with van der Waals surface area (Å²) >= 11 is 2.14. The Hall–Kier alpha value is -1.71. The molecular weight excluding hydrogens is 438 g/mol.